The van der Waals surface area contributed by atoms with Crippen molar-refractivity contribution >= 4 is 23.9 Å². The highest BCUT2D eigenvalue weighted by molar-refractivity contribution is 5.70. The summed E-state index contributed by atoms with van der Waals surface area (Å²) >= 11 is 0. The highest BCUT2D eigenvalue weighted by Gasteiger charge is 2.23. The van der Waals surface area contributed by atoms with Crippen LogP contribution in [-0.2, 0) is 38.1 Å². The third kappa shape index (κ3) is 53.4. The molecule has 4 N–H and O–H groups in total. The summed E-state index contributed by atoms with van der Waals surface area (Å²) in [4.78, 5) is 59.8. The van der Waals surface area contributed by atoms with Gasteiger partial charge < -0.3 is 39.4 Å². The minimum atomic E-state index is -0.914. The van der Waals surface area contributed by atoms with Crippen LogP contribution < -0.4 is 0 Å². The Bertz CT molecular complexity index is 1330. The number of aliphatic hydroxyl groups excluding tert-OH is 4. The van der Waals surface area contributed by atoms with Crippen LogP contribution in [0.4, 0.5) is 0 Å². The van der Waals surface area contributed by atoms with Crippen LogP contribution in [0.1, 0.15) is 297 Å². The van der Waals surface area contributed by atoms with E-state index in [4.69, 9.17) is 18.9 Å². The summed E-state index contributed by atoms with van der Waals surface area (Å²) in [7, 11) is 0. The Morgan fingerprint density at radius 3 is 0.605 bits per heavy atom. The van der Waals surface area contributed by atoms with Gasteiger partial charge in [0.15, 0.2) is 0 Å². The summed E-state index contributed by atoms with van der Waals surface area (Å²) in [5.74, 6) is -1.18. The Morgan fingerprint density at radius 1 is 0.267 bits per heavy atom. The van der Waals surface area contributed by atoms with Crippen molar-refractivity contribution in [1.29, 1.82) is 0 Å². The fraction of sp³-hybridized carbons (Fsp3) is 0.943. The van der Waals surface area contributed by atoms with E-state index in [0.717, 1.165) is 77.0 Å². The van der Waals surface area contributed by atoms with Crippen LogP contribution in [0.15, 0.2) is 0 Å². The Morgan fingerprint density at radius 2 is 0.430 bits per heavy atom. The minimum absolute atomic E-state index is 0.101. The normalized spacial score (nSPS) is 16.1. The van der Waals surface area contributed by atoms with Crippen LogP contribution >= 0.6 is 0 Å². The molecule has 1 rings (SSSR count). The molecule has 16 heteroatoms. The smallest absolute Gasteiger partial charge is 0.305 e. The van der Waals surface area contributed by atoms with Crippen molar-refractivity contribution in [3.8, 4) is 0 Å². The molecule has 1 aliphatic rings. The number of carbonyl (C=O) groups excluding carboxylic acids is 4. The van der Waals surface area contributed by atoms with Gasteiger partial charge in [-0.25, -0.2) is 0 Å². The zero-order valence-electron chi connectivity index (χ0n) is 56.2. The Kier molecular flexibility index (Phi) is 57.0. The van der Waals surface area contributed by atoms with Crippen LogP contribution in [0, 0.1) is 0 Å². The van der Waals surface area contributed by atoms with E-state index in [0.29, 0.717) is 90.9 Å². The largest absolute Gasteiger partial charge is 0.463 e. The van der Waals surface area contributed by atoms with Gasteiger partial charge in [0.25, 0.3) is 0 Å². The summed E-state index contributed by atoms with van der Waals surface area (Å²) in [6.07, 6.45) is 40.6. The number of nitrogens with zero attached hydrogens (tertiary/aromatic N) is 4. The molecule has 4 unspecified atom stereocenters. The van der Waals surface area contributed by atoms with E-state index in [-0.39, 0.29) is 76.5 Å². The molecule has 0 aromatic heterocycles. The van der Waals surface area contributed by atoms with Crippen molar-refractivity contribution < 1.29 is 58.6 Å². The second kappa shape index (κ2) is 60.1. The average molecular weight is 1230 g/mol. The Hall–Kier alpha value is -2.44. The zero-order valence-corrected chi connectivity index (χ0v) is 56.2. The van der Waals surface area contributed by atoms with E-state index >= 15 is 0 Å². The standard InChI is InChI=1S/C70H136N4O12/c1-5-9-13-17-21-25-29-33-37-43-67(79)83-59-63(75)55-71-47-41-48-73(57-65(77)61-85-69(81)45-39-35-31-27-23-19-15-11-7-3)53-54-74(58-66(78)62-86-70(82)46-40-36-32-28-24-20-16-12-8-4)50-42-49-72(52-51-71)56-64(76)60-84-68(80)44-38-34-30-26-22-18-14-10-6-2/h63-66,75-78H,5-62H2,1-4H3. The molecule has 0 aromatic carbocycles. The molecular formula is C70H136N4O12. The summed E-state index contributed by atoms with van der Waals surface area (Å²) in [5, 5.41) is 45.3. The van der Waals surface area contributed by atoms with Gasteiger partial charge in [-0.15, -0.1) is 0 Å². The van der Waals surface area contributed by atoms with Crippen molar-refractivity contribution in [2.75, 3.05) is 105 Å². The van der Waals surface area contributed by atoms with Crippen LogP contribution in [0.3, 0.4) is 0 Å². The molecule has 86 heavy (non-hydrogen) atoms. The average Bonchev–Trinajstić information content (AvgIpc) is 3.67. The Balaban J connectivity index is 3.11. The summed E-state index contributed by atoms with van der Waals surface area (Å²) in [6.45, 7) is 14.1. The first-order valence-electron chi connectivity index (χ1n) is 36.1. The zero-order chi connectivity index (χ0) is 62.8. The molecule has 0 bridgehead atoms. The van der Waals surface area contributed by atoms with Gasteiger partial charge in [-0.3, -0.25) is 38.8 Å². The van der Waals surface area contributed by atoms with Crippen molar-refractivity contribution in [2.24, 2.45) is 0 Å². The number of carbonyl (C=O) groups is 4. The molecule has 1 aliphatic heterocycles. The molecule has 0 spiro atoms. The molecule has 0 radical (unpaired) electrons. The SMILES string of the molecule is CCCCCCCCCCCC(=O)OCC(O)CN1CCCN(CC(O)COC(=O)CCCCCCCCCCC)CCN(CC(O)COC(=O)CCCCCCCCCCC)CCCN(CC(O)COC(=O)CCCCCCCCCCC)CC1. The molecule has 508 valence electrons. The quantitative estimate of drug-likeness (QED) is 0.0254. The predicted octanol–water partition coefficient (Wildman–Crippen LogP) is 13.3. The number of rotatable bonds is 56. The lowest BCUT2D eigenvalue weighted by Crippen LogP contribution is -2.47. The second-order valence-corrected chi connectivity index (χ2v) is 25.6. The molecule has 1 saturated heterocycles. The maximum Gasteiger partial charge on any atom is 0.305 e. The predicted molar refractivity (Wildman–Crippen MR) is 350 cm³/mol. The summed E-state index contributed by atoms with van der Waals surface area (Å²) in [5.41, 5.74) is 0. The van der Waals surface area contributed by atoms with Gasteiger partial charge in [0.2, 0.25) is 0 Å². The minimum Gasteiger partial charge on any atom is -0.463 e. The van der Waals surface area contributed by atoms with Crippen LogP contribution in [0.5, 0.6) is 0 Å². The first-order chi connectivity index (χ1) is 41.9. The molecule has 0 amide bonds. The molecule has 1 fully saturated rings. The maximum absolute atomic E-state index is 12.8. The van der Waals surface area contributed by atoms with E-state index in [2.05, 4.69) is 47.3 Å². The van der Waals surface area contributed by atoms with Gasteiger partial charge in [0.1, 0.15) is 50.8 Å². The van der Waals surface area contributed by atoms with Crippen molar-refractivity contribution in [3.63, 3.8) is 0 Å². The third-order valence-corrected chi connectivity index (χ3v) is 16.9. The number of aliphatic hydroxyl groups is 4. The van der Waals surface area contributed by atoms with Gasteiger partial charge in [-0.05, 0) is 64.7 Å². The first-order valence-corrected chi connectivity index (χ1v) is 36.1. The van der Waals surface area contributed by atoms with Crippen molar-refractivity contribution in [1.82, 2.24) is 19.6 Å². The van der Waals surface area contributed by atoms with Crippen molar-refractivity contribution in [3.05, 3.63) is 0 Å². The van der Waals surface area contributed by atoms with Crippen molar-refractivity contribution in [2.45, 2.75) is 322 Å². The van der Waals surface area contributed by atoms with E-state index in [1.54, 1.807) is 0 Å². The van der Waals surface area contributed by atoms with Gasteiger partial charge in [-0.2, -0.15) is 0 Å². The number of hydrogen-bond acceptors (Lipinski definition) is 16. The summed E-state index contributed by atoms with van der Waals surface area (Å²) < 4.78 is 22.4. The summed E-state index contributed by atoms with van der Waals surface area (Å²) in [6, 6.07) is 0. The topological polar surface area (TPSA) is 199 Å². The Labute approximate surface area is 526 Å². The third-order valence-electron chi connectivity index (χ3n) is 16.9. The van der Waals surface area contributed by atoms with Crippen LogP contribution in [0.25, 0.3) is 0 Å². The number of hydrogen-bond donors (Lipinski definition) is 4. The maximum atomic E-state index is 12.8. The highest BCUT2D eigenvalue weighted by Crippen LogP contribution is 2.16. The fourth-order valence-corrected chi connectivity index (χ4v) is 11.5. The molecule has 0 aliphatic carbocycles. The first kappa shape index (κ1) is 81.6. The fourth-order valence-electron chi connectivity index (χ4n) is 11.5. The number of ether oxygens (including phenoxy) is 4. The van der Waals surface area contributed by atoms with E-state index < -0.39 is 24.4 Å². The van der Waals surface area contributed by atoms with Gasteiger partial charge >= 0.3 is 23.9 Å². The van der Waals surface area contributed by atoms with Gasteiger partial charge in [0.05, 0.1) is 0 Å². The van der Waals surface area contributed by atoms with E-state index in [9.17, 15) is 39.6 Å². The highest BCUT2D eigenvalue weighted by atomic mass is 16.6. The molecule has 1 heterocycles. The lowest BCUT2D eigenvalue weighted by molar-refractivity contribution is -0.148. The number of esters is 4. The number of β-amino-alcohol motifs (C(OH)–C–C–N with tert-alkyl or cyclic N) is 4. The lowest BCUT2D eigenvalue weighted by atomic mass is 10.1. The van der Waals surface area contributed by atoms with E-state index in [1.807, 2.05) is 0 Å². The molecular weight excluding hydrogens is 1090 g/mol. The van der Waals surface area contributed by atoms with Gasteiger partial charge in [0, 0.05) is 78.0 Å². The lowest BCUT2D eigenvalue weighted by Gasteiger charge is -2.34. The molecule has 16 nitrogen and oxygen atoms in total. The van der Waals surface area contributed by atoms with Crippen LogP contribution in [0.2, 0.25) is 0 Å². The molecule has 4 atom stereocenters. The van der Waals surface area contributed by atoms with Gasteiger partial charge in [-0.1, -0.05) is 233 Å². The molecule has 0 aromatic rings. The monoisotopic (exact) mass is 1230 g/mol. The number of unbranched alkanes of at least 4 members (excludes halogenated alkanes) is 32. The van der Waals surface area contributed by atoms with E-state index in [1.165, 1.54) is 154 Å². The molecule has 0 saturated carbocycles. The second-order valence-electron chi connectivity index (χ2n) is 25.6. The van der Waals surface area contributed by atoms with Crippen LogP contribution in [-0.4, -0.2) is 193 Å².